The summed E-state index contributed by atoms with van der Waals surface area (Å²) in [5.41, 5.74) is 0.996. The molecule has 2 N–H and O–H groups in total. The second kappa shape index (κ2) is 5.93. The maximum Gasteiger partial charge on any atom is 0.240 e. The fourth-order valence-corrected chi connectivity index (χ4v) is 2.05. The maximum atomic E-state index is 12.1. The van der Waals surface area contributed by atoms with Crippen LogP contribution in [0.4, 0.5) is 0 Å². The molecule has 5 heteroatoms. The zero-order chi connectivity index (χ0) is 13.0. The molecule has 18 heavy (non-hydrogen) atoms. The van der Waals surface area contributed by atoms with E-state index in [4.69, 9.17) is 4.74 Å². The number of nitrogens with one attached hydrogen (secondary N) is 2. The van der Waals surface area contributed by atoms with Crippen LogP contribution in [-0.4, -0.2) is 36.2 Å². The summed E-state index contributed by atoms with van der Waals surface area (Å²) in [4.78, 5) is 16.2. The summed E-state index contributed by atoms with van der Waals surface area (Å²) >= 11 is 0. The van der Waals surface area contributed by atoms with E-state index in [0.717, 1.165) is 5.56 Å². The molecule has 0 bridgehead atoms. The molecule has 1 aliphatic rings. The van der Waals surface area contributed by atoms with Crippen molar-refractivity contribution in [3.05, 3.63) is 30.1 Å². The van der Waals surface area contributed by atoms with E-state index in [2.05, 4.69) is 15.6 Å². The summed E-state index contributed by atoms with van der Waals surface area (Å²) in [6, 6.07) is 3.48. The van der Waals surface area contributed by atoms with Crippen LogP contribution in [0.25, 0.3) is 0 Å². The normalized spacial score (nSPS) is 25.4. The summed E-state index contributed by atoms with van der Waals surface area (Å²) in [6.45, 7) is 5.22. The molecule has 0 aromatic carbocycles. The molecule has 1 amide bonds. The van der Waals surface area contributed by atoms with E-state index in [1.165, 1.54) is 0 Å². The molecule has 1 aromatic rings. The molecule has 2 heterocycles. The number of amides is 1. The fraction of sp³-hybridized carbons (Fsp3) is 0.538. The third kappa shape index (κ3) is 3.05. The highest BCUT2D eigenvalue weighted by atomic mass is 16.5. The van der Waals surface area contributed by atoms with Crippen LogP contribution in [0.5, 0.6) is 0 Å². The van der Waals surface area contributed by atoms with Gasteiger partial charge in [0.15, 0.2) is 0 Å². The number of ether oxygens (including phenoxy) is 1. The number of morpholine rings is 1. The van der Waals surface area contributed by atoms with Crippen LogP contribution in [0.3, 0.4) is 0 Å². The number of pyridine rings is 1. The van der Waals surface area contributed by atoms with E-state index in [-0.39, 0.29) is 24.1 Å². The first-order valence-electron chi connectivity index (χ1n) is 6.24. The van der Waals surface area contributed by atoms with Gasteiger partial charge in [0.25, 0.3) is 0 Å². The van der Waals surface area contributed by atoms with Crippen molar-refractivity contribution < 1.29 is 9.53 Å². The topological polar surface area (TPSA) is 63.2 Å². The van der Waals surface area contributed by atoms with Crippen LogP contribution >= 0.6 is 0 Å². The lowest BCUT2D eigenvalue weighted by Crippen LogP contribution is -2.55. The number of carbonyl (C=O) groups excluding carboxylic acids is 1. The van der Waals surface area contributed by atoms with Gasteiger partial charge in [-0.25, -0.2) is 0 Å². The van der Waals surface area contributed by atoms with Gasteiger partial charge in [-0.2, -0.15) is 0 Å². The summed E-state index contributed by atoms with van der Waals surface area (Å²) < 4.78 is 5.46. The SMILES string of the molecule is C[C@H](NC(=O)[C@H]1NCCO[C@@H]1C)c1cccnc1. The molecule has 0 saturated carbocycles. The predicted molar refractivity (Wildman–Crippen MR) is 68.0 cm³/mol. The highest BCUT2D eigenvalue weighted by Gasteiger charge is 2.29. The van der Waals surface area contributed by atoms with Crippen LogP contribution in [0, 0.1) is 0 Å². The molecule has 3 atom stereocenters. The van der Waals surface area contributed by atoms with Gasteiger partial charge in [-0.15, -0.1) is 0 Å². The van der Waals surface area contributed by atoms with Crippen LogP contribution in [0.2, 0.25) is 0 Å². The maximum absolute atomic E-state index is 12.1. The lowest BCUT2D eigenvalue weighted by Gasteiger charge is -2.30. The minimum atomic E-state index is -0.280. The Morgan fingerprint density at radius 1 is 1.67 bits per heavy atom. The highest BCUT2D eigenvalue weighted by Crippen LogP contribution is 2.11. The molecule has 1 saturated heterocycles. The molecular weight excluding hydrogens is 230 g/mol. The summed E-state index contributed by atoms with van der Waals surface area (Å²) in [5, 5.41) is 6.15. The first-order valence-corrected chi connectivity index (χ1v) is 6.24. The molecule has 5 nitrogen and oxygen atoms in total. The average molecular weight is 249 g/mol. The number of nitrogens with zero attached hydrogens (tertiary/aromatic N) is 1. The molecule has 0 spiro atoms. The fourth-order valence-electron chi connectivity index (χ4n) is 2.05. The zero-order valence-corrected chi connectivity index (χ0v) is 10.7. The Morgan fingerprint density at radius 2 is 2.50 bits per heavy atom. The van der Waals surface area contributed by atoms with Crippen LogP contribution in [-0.2, 0) is 9.53 Å². The van der Waals surface area contributed by atoms with Crippen LogP contribution < -0.4 is 10.6 Å². The van der Waals surface area contributed by atoms with Gasteiger partial charge < -0.3 is 15.4 Å². The Labute approximate surface area is 107 Å². The van der Waals surface area contributed by atoms with E-state index in [1.807, 2.05) is 26.0 Å². The van der Waals surface area contributed by atoms with Crippen molar-refractivity contribution in [1.82, 2.24) is 15.6 Å². The van der Waals surface area contributed by atoms with Crippen molar-refractivity contribution in [2.24, 2.45) is 0 Å². The molecule has 1 aromatic heterocycles. The number of carbonyl (C=O) groups is 1. The van der Waals surface area contributed by atoms with Gasteiger partial charge in [0.2, 0.25) is 5.91 Å². The van der Waals surface area contributed by atoms with Gasteiger partial charge in [-0.1, -0.05) is 6.07 Å². The summed E-state index contributed by atoms with van der Waals surface area (Å²) in [5.74, 6) is -0.0291. The molecule has 0 radical (unpaired) electrons. The number of hydrogen-bond donors (Lipinski definition) is 2. The van der Waals surface area contributed by atoms with Crippen LogP contribution in [0.1, 0.15) is 25.5 Å². The van der Waals surface area contributed by atoms with Gasteiger partial charge in [0.05, 0.1) is 18.8 Å². The minimum Gasteiger partial charge on any atom is -0.375 e. The largest absolute Gasteiger partial charge is 0.375 e. The van der Waals surface area contributed by atoms with E-state index in [9.17, 15) is 4.79 Å². The lowest BCUT2D eigenvalue weighted by atomic mass is 10.1. The van der Waals surface area contributed by atoms with Crippen molar-refractivity contribution in [2.75, 3.05) is 13.2 Å². The molecule has 1 fully saturated rings. The van der Waals surface area contributed by atoms with Crippen molar-refractivity contribution in [1.29, 1.82) is 0 Å². The van der Waals surface area contributed by atoms with Crippen molar-refractivity contribution in [3.8, 4) is 0 Å². The highest BCUT2D eigenvalue weighted by molar-refractivity contribution is 5.82. The van der Waals surface area contributed by atoms with E-state index in [1.54, 1.807) is 12.4 Å². The third-order valence-electron chi connectivity index (χ3n) is 3.14. The Balaban J connectivity index is 1.94. The molecule has 2 rings (SSSR count). The molecule has 98 valence electrons. The molecular formula is C13H19N3O2. The van der Waals surface area contributed by atoms with Gasteiger partial charge in [-0.3, -0.25) is 9.78 Å². The summed E-state index contributed by atoms with van der Waals surface area (Å²) in [6.07, 6.45) is 3.38. The number of rotatable bonds is 3. The predicted octanol–water partition coefficient (Wildman–Crippen LogP) is 0.636. The second-order valence-corrected chi connectivity index (χ2v) is 4.52. The number of hydrogen-bond acceptors (Lipinski definition) is 4. The standard InChI is InChI=1S/C13H19N3O2/c1-9(11-4-3-5-14-8-11)16-13(17)12-10(2)18-7-6-15-12/h3-5,8-10,12,15H,6-7H2,1-2H3,(H,16,17)/t9-,10+,12-/m0/s1. The minimum absolute atomic E-state index is 0.0291. The van der Waals surface area contributed by atoms with E-state index in [0.29, 0.717) is 13.2 Å². The smallest absolute Gasteiger partial charge is 0.240 e. The lowest BCUT2D eigenvalue weighted by molar-refractivity contribution is -0.129. The first kappa shape index (κ1) is 13.0. The van der Waals surface area contributed by atoms with Crippen molar-refractivity contribution in [2.45, 2.75) is 32.0 Å². The van der Waals surface area contributed by atoms with E-state index < -0.39 is 0 Å². The van der Waals surface area contributed by atoms with Gasteiger partial charge >= 0.3 is 0 Å². The Bertz CT molecular complexity index is 396. The Morgan fingerprint density at radius 3 is 3.17 bits per heavy atom. The second-order valence-electron chi connectivity index (χ2n) is 4.52. The van der Waals surface area contributed by atoms with Crippen molar-refractivity contribution in [3.63, 3.8) is 0 Å². The van der Waals surface area contributed by atoms with Crippen LogP contribution in [0.15, 0.2) is 24.5 Å². The Hall–Kier alpha value is -1.46. The van der Waals surface area contributed by atoms with Gasteiger partial charge in [0.1, 0.15) is 6.04 Å². The van der Waals surface area contributed by atoms with E-state index >= 15 is 0 Å². The number of aromatic nitrogens is 1. The molecule has 1 aliphatic heterocycles. The summed E-state index contributed by atoms with van der Waals surface area (Å²) in [7, 11) is 0. The third-order valence-corrected chi connectivity index (χ3v) is 3.14. The van der Waals surface area contributed by atoms with Crippen molar-refractivity contribution >= 4 is 5.91 Å². The monoisotopic (exact) mass is 249 g/mol. The zero-order valence-electron chi connectivity index (χ0n) is 10.7. The van der Waals surface area contributed by atoms with Gasteiger partial charge in [-0.05, 0) is 25.5 Å². The van der Waals surface area contributed by atoms with Gasteiger partial charge in [0, 0.05) is 18.9 Å². The Kier molecular flexibility index (Phi) is 4.28. The first-order chi connectivity index (χ1) is 8.68. The quantitative estimate of drug-likeness (QED) is 0.825. The average Bonchev–Trinajstić information content (AvgIpc) is 2.40. The molecule has 0 aliphatic carbocycles. The molecule has 0 unspecified atom stereocenters.